The van der Waals surface area contributed by atoms with Crippen molar-refractivity contribution in [1.29, 1.82) is 0 Å². The van der Waals surface area contributed by atoms with Crippen LogP contribution in [-0.2, 0) is 4.74 Å². The second kappa shape index (κ2) is 7.40. The summed E-state index contributed by atoms with van der Waals surface area (Å²) in [6.45, 7) is 9.77. The molecule has 0 aromatic carbocycles. The number of nitrogens with one attached hydrogen (secondary N) is 1. The number of anilines is 2. The first kappa shape index (κ1) is 15.0. The molecule has 6 heteroatoms. The number of aromatic nitrogens is 2. The largest absolute Gasteiger partial charge is 0.379 e. The average molecular weight is 279 g/mol. The van der Waals surface area contributed by atoms with Crippen LogP contribution in [0.1, 0.15) is 13.8 Å². The van der Waals surface area contributed by atoms with Crippen molar-refractivity contribution in [3.8, 4) is 0 Å². The quantitative estimate of drug-likeness (QED) is 0.840. The lowest BCUT2D eigenvalue weighted by molar-refractivity contribution is 0.0217. The second-order valence-electron chi connectivity index (χ2n) is 5.15. The van der Waals surface area contributed by atoms with E-state index in [1.54, 1.807) is 6.20 Å². The van der Waals surface area contributed by atoms with Crippen LogP contribution in [0.5, 0.6) is 0 Å². The normalized spacial score (nSPS) is 17.8. The van der Waals surface area contributed by atoms with Crippen molar-refractivity contribution in [3.05, 3.63) is 12.3 Å². The number of hydrogen-bond donors (Lipinski definition) is 1. The second-order valence-corrected chi connectivity index (χ2v) is 5.15. The van der Waals surface area contributed by atoms with E-state index in [0.29, 0.717) is 6.04 Å². The van der Waals surface area contributed by atoms with Gasteiger partial charge in [-0.3, -0.25) is 4.90 Å². The first-order chi connectivity index (χ1) is 9.70. The Labute approximate surface area is 121 Å². The van der Waals surface area contributed by atoms with Gasteiger partial charge in [-0.15, -0.1) is 0 Å². The van der Waals surface area contributed by atoms with Gasteiger partial charge in [0.15, 0.2) is 0 Å². The van der Waals surface area contributed by atoms with Gasteiger partial charge in [-0.05, 0) is 19.9 Å². The summed E-state index contributed by atoms with van der Waals surface area (Å²) in [5, 5.41) is 3.21. The number of rotatable bonds is 6. The highest BCUT2D eigenvalue weighted by molar-refractivity contribution is 5.40. The molecule has 1 saturated heterocycles. The SMILES string of the molecule is CCNc1ccnc(N(C)C[C@H](C)N2CCOCC2)n1. The summed E-state index contributed by atoms with van der Waals surface area (Å²) in [5.74, 6) is 1.65. The third kappa shape index (κ3) is 4.05. The minimum absolute atomic E-state index is 0.468. The van der Waals surface area contributed by atoms with Gasteiger partial charge in [0.2, 0.25) is 5.95 Å². The molecule has 0 spiro atoms. The molecule has 1 N–H and O–H groups in total. The molecule has 1 aromatic heterocycles. The van der Waals surface area contributed by atoms with Crippen molar-refractivity contribution in [2.24, 2.45) is 0 Å². The lowest BCUT2D eigenvalue weighted by Crippen LogP contribution is -2.47. The Hall–Kier alpha value is -1.40. The predicted octanol–water partition coefficient (Wildman–Crippen LogP) is 1.07. The number of ether oxygens (including phenoxy) is 1. The topological polar surface area (TPSA) is 53.5 Å². The summed E-state index contributed by atoms with van der Waals surface area (Å²) >= 11 is 0. The van der Waals surface area contributed by atoms with E-state index < -0.39 is 0 Å². The van der Waals surface area contributed by atoms with Gasteiger partial charge in [-0.25, -0.2) is 4.98 Å². The molecule has 1 fully saturated rings. The van der Waals surface area contributed by atoms with Crippen LogP contribution in [0.4, 0.5) is 11.8 Å². The molecule has 2 heterocycles. The van der Waals surface area contributed by atoms with Gasteiger partial charge in [0.05, 0.1) is 13.2 Å². The molecule has 1 aromatic rings. The van der Waals surface area contributed by atoms with Gasteiger partial charge in [0.25, 0.3) is 0 Å². The highest BCUT2D eigenvalue weighted by atomic mass is 16.5. The standard InChI is InChI=1S/C14H25N5O/c1-4-15-13-5-6-16-14(17-13)18(3)11-12(2)19-7-9-20-10-8-19/h5-6,12H,4,7-11H2,1-3H3,(H,15,16,17)/t12-/m0/s1. The summed E-state index contributed by atoms with van der Waals surface area (Å²) in [7, 11) is 2.04. The minimum Gasteiger partial charge on any atom is -0.379 e. The van der Waals surface area contributed by atoms with E-state index in [0.717, 1.165) is 51.2 Å². The van der Waals surface area contributed by atoms with Crippen molar-refractivity contribution in [3.63, 3.8) is 0 Å². The Morgan fingerprint density at radius 3 is 2.90 bits per heavy atom. The van der Waals surface area contributed by atoms with Gasteiger partial charge in [0.1, 0.15) is 5.82 Å². The monoisotopic (exact) mass is 279 g/mol. The summed E-state index contributed by atoms with van der Waals surface area (Å²) in [6, 6.07) is 2.36. The van der Waals surface area contributed by atoms with Gasteiger partial charge in [0, 0.05) is 45.5 Å². The predicted molar refractivity (Wildman–Crippen MR) is 81.3 cm³/mol. The van der Waals surface area contributed by atoms with Crippen molar-refractivity contribution >= 4 is 11.8 Å². The lowest BCUT2D eigenvalue weighted by atomic mass is 10.2. The molecular weight excluding hydrogens is 254 g/mol. The van der Waals surface area contributed by atoms with Crippen LogP contribution in [0.25, 0.3) is 0 Å². The maximum Gasteiger partial charge on any atom is 0.227 e. The molecule has 0 aliphatic carbocycles. The highest BCUT2D eigenvalue weighted by Crippen LogP contribution is 2.12. The number of morpholine rings is 1. The van der Waals surface area contributed by atoms with Crippen molar-refractivity contribution in [1.82, 2.24) is 14.9 Å². The number of hydrogen-bond acceptors (Lipinski definition) is 6. The Morgan fingerprint density at radius 2 is 2.20 bits per heavy atom. The van der Waals surface area contributed by atoms with Crippen LogP contribution in [0, 0.1) is 0 Å². The molecular formula is C14H25N5O. The third-order valence-corrected chi connectivity index (χ3v) is 3.55. The zero-order chi connectivity index (χ0) is 14.4. The Morgan fingerprint density at radius 1 is 1.45 bits per heavy atom. The van der Waals surface area contributed by atoms with Crippen molar-refractivity contribution in [2.75, 3.05) is 56.7 Å². The van der Waals surface area contributed by atoms with E-state index in [-0.39, 0.29) is 0 Å². The first-order valence-corrected chi connectivity index (χ1v) is 7.30. The molecule has 2 rings (SSSR count). The maximum absolute atomic E-state index is 5.39. The summed E-state index contributed by atoms with van der Waals surface area (Å²) in [5.41, 5.74) is 0. The molecule has 1 aliphatic heterocycles. The van der Waals surface area contributed by atoms with E-state index in [1.165, 1.54) is 0 Å². The average Bonchev–Trinajstić information content (AvgIpc) is 2.48. The van der Waals surface area contributed by atoms with E-state index >= 15 is 0 Å². The van der Waals surface area contributed by atoms with Crippen LogP contribution in [-0.4, -0.2) is 67.4 Å². The van der Waals surface area contributed by atoms with Crippen molar-refractivity contribution < 1.29 is 4.74 Å². The van der Waals surface area contributed by atoms with Crippen LogP contribution in [0.2, 0.25) is 0 Å². The van der Waals surface area contributed by atoms with Crippen molar-refractivity contribution in [2.45, 2.75) is 19.9 Å². The Balaban J connectivity index is 1.92. The summed E-state index contributed by atoms with van der Waals surface area (Å²) in [6.07, 6.45) is 1.80. The van der Waals surface area contributed by atoms with E-state index in [2.05, 4.69) is 38.9 Å². The smallest absolute Gasteiger partial charge is 0.227 e. The molecule has 0 unspecified atom stereocenters. The zero-order valence-corrected chi connectivity index (χ0v) is 12.7. The fraction of sp³-hybridized carbons (Fsp3) is 0.714. The lowest BCUT2D eigenvalue weighted by Gasteiger charge is -2.34. The molecule has 1 atom stereocenters. The zero-order valence-electron chi connectivity index (χ0n) is 12.7. The molecule has 112 valence electrons. The van der Waals surface area contributed by atoms with Gasteiger partial charge in [-0.2, -0.15) is 4.98 Å². The molecule has 0 saturated carbocycles. The van der Waals surface area contributed by atoms with E-state index in [1.807, 2.05) is 13.1 Å². The van der Waals surface area contributed by atoms with Crippen LogP contribution in [0.15, 0.2) is 12.3 Å². The number of nitrogens with zero attached hydrogens (tertiary/aromatic N) is 4. The van der Waals surface area contributed by atoms with E-state index in [4.69, 9.17) is 4.74 Å². The van der Waals surface area contributed by atoms with Crippen LogP contribution in [0.3, 0.4) is 0 Å². The third-order valence-electron chi connectivity index (χ3n) is 3.55. The van der Waals surface area contributed by atoms with Gasteiger partial charge >= 0.3 is 0 Å². The van der Waals surface area contributed by atoms with Gasteiger partial charge < -0.3 is 15.0 Å². The molecule has 0 amide bonds. The van der Waals surface area contributed by atoms with Gasteiger partial charge in [-0.1, -0.05) is 0 Å². The Kier molecular flexibility index (Phi) is 5.55. The first-order valence-electron chi connectivity index (χ1n) is 7.30. The fourth-order valence-corrected chi connectivity index (χ4v) is 2.42. The molecule has 0 radical (unpaired) electrons. The molecule has 6 nitrogen and oxygen atoms in total. The summed E-state index contributed by atoms with van der Waals surface area (Å²) in [4.78, 5) is 13.4. The van der Waals surface area contributed by atoms with E-state index in [9.17, 15) is 0 Å². The fourth-order valence-electron chi connectivity index (χ4n) is 2.42. The molecule has 1 aliphatic rings. The van der Waals surface area contributed by atoms with Crippen LogP contribution >= 0.6 is 0 Å². The van der Waals surface area contributed by atoms with Crippen LogP contribution < -0.4 is 10.2 Å². The molecule has 0 bridgehead atoms. The molecule has 20 heavy (non-hydrogen) atoms. The number of likely N-dealkylation sites (N-methyl/N-ethyl adjacent to an activating group) is 1. The highest BCUT2D eigenvalue weighted by Gasteiger charge is 2.19. The minimum atomic E-state index is 0.468. The maximum atomic E-state index is 5.39. The Bertz CT molecular complexity index is 408. The summed E-state index contributed by atoms with van der Waals surface area (Å²) < 4.78 is 5.39.